The summed E-state index contributed by atoms with van der Waals surface area (Å²) in [6, 6.07) is 7.79. The van der Waals surface area contributed by atoms with Crippen LogP contribution < -0.4 is 0 Å². The van der Waals surface area contributed by atoms with Gasteiger partial charge in [-0.2, -0.15) is 4.98 Å². The quantitative estimate of drug-likeness (QED) is 0.866. The van der Waals surface area contributed by atoms with Gasteiger partial charge in [-0.1, -0.05) is 18.5 Å². The SMILES string of the molecule is CCCC(O)c1noc(-c2ccc(I)cc2)n1. The van der Waals surface area contributed by atoms with E-state index >= 15 is 0 Å². The smallest absolute Gasteiger partial charge is 0.258 e. The molecule has 0 saturated carbocycles. The summed E-state index contributed by atoms with van der Waals surface area (Å²) in [6.45, 7) is 2.00. The third-order valence-corrected chi connectivity index (χ3v) is 3.11. The lowest BCUT2D eigenvalue weighted by atomic mass is 10.2. The Morgan fingerprint density at radius 3 is 2.71 bits per heavy atom. The Morgan fingerprint density at radius 2 is 2.06 bits per heavy atom. The lowest BCUT2D eigenvalue weighted by Gasteiger charge is -2.01. The number of aliphatic hydroxyl groups is 1. The zero-order chi connectivity index (χ0) is 12.3. The number of halogens is 1. The predicted molar refractivity (Wildman–Crippen MR) is 72.3 cm³/mol. The van der Waals surface area contributed by atoms with Crippen LogP contribution in [0.4, 0.5) is 0 Å². The van der Waals surface area contributed by atoms with E-state index < -0.39 is 6.10 Å². The molecular weight excluding hydrogens is 331 g/mol. The summed E-state index contributed by atoms with van der Waals surface area (Å²) in [5, 5.41) is 13.5. The molecule has 1 atom stereocenters. The Morgan fingerprint density at radius 1 is 1.35 bits per heavy atom. The second-order valence-corrected chi connectivity index (χ2v) is 5.01. The van der Waals surface area contributed by atoms with Crippen molar-refractivity contribution < 1.29 is 9.63 Å². The number of aliphatic hydroxyl groups excluding tert-OH is 1. The van der Waals surface area contributed by atoms with Crippen LogP contribution in [0.2, 0.25) is 0 Å². The Hall–Kier alpha value is -0.950. The van der Waals surface area contributed by atoms with Gasteiger partial charge in [0.05, 0.1) is 0 Å². The first-order valence-electron chi connectivity index (χ1n) is 5.48. The molecule has 2 aromatic rings. The average molecular weight is 344 g/mol. The van der Waals surface area contributed by atoms with Gasteiger partial charge in [-0.25, -0.2) is 0 Å². The van der Waals surface area contributed by atoms with E-state index in [1.54, 1.807) is 0 Å². The minimum absolute atomic E-state index is 0.361. The highest BCUT2D eigenvalue weighted by Gasteiger charge is 2.15. The zero-order valence-electron chi connectivity index (χ0n) is 9.43. The second-order valence-electron chi connectivity index (χ2n) is 3.77. The van der Waals surface area contributed by atoms with Crippen molar-refractivity contribution in [2.24, 2.45) is 0 Å². The molecule has 17 heavy (non-hydrogen) atoms. The van der Waals surface area contributed by atoms with Gasteiger partial charge in [-0.15, -0.1) is 0 Å². The summed E-state index contributed by atoms with van der Waals surface area (Å²) >= 11 is 2.24. The van der Waals surface area contributed by atoms with Gasteiger partial charge in [0.15, 0.2) is 0 Å². The third kappa shape index (κ3) is 3.04. The molecule has 0 amide bonds. The fraction of sp³-hybridized carbons (Fsp3) is 0.333. The molecule has 0 saturated heterocycles. The van der Waals surface area contributed by atoms with Gasteiger partial charge in [0.2, 0.25) is 5.82 Å². The van der Waals surface area contributed by atoms with Gasteiger partial charge in [-0.3, -0.25) is 0 Å². The molecule has 0 aliphatic carbocycles. The van der Waals surface area contributed by atoms with Gasteiger partial charge in [0.1, 0.15) is 6.10 Å². The van der Waals surface area contributed by atoms with Gasteiger partial charge in [-0.05, 0) is 53.3 Å². The number of rotatable bonds is 4. The topological polar surface area (TPSA) is 59.2 Å². The molecular formula is C12H13IN2O2. The Kier molecular flexibility index (Phi) is 4.11. The zero-order valence-corrected chi connectivity index (χ0v) is 11.6. The fourth-order valence-electron chi connectivity index (χ4n) is 1.48. The Bertz CT molecular complexity index is 482. The number of hydrogen-bond donors (Lipinski definition) is 1. The molecule has 1 N–H and O–H groups in total. The first-order valence-corrected chi connectivity index (χ1v) is 6.56. The van der Waals surface area contributed by atoms with E-state index in [2.05, 4.69) is 32.7 Å². The Labute approximate surface area is 113 Å². The highest BCUT2D eigenvalue weighted by atomic mass is 127. The van der Waals surface area contributed by atoms with Crippen molar-refractivity contribution in [1.29, 1.82) is 0 Å². The van der Waals surface area contributed by atoms with Crippen molar-refractivity contribution in [2.75, 3.05) is 0 Å². The van der Waals surface area contributed by atoms with E-state index in [-0.39, 0.29) is 0 Å². The van der Waals surface area contributed by atoms with Crippen LogP contribution >= 0.6 is 22.6 Å². The maximum Gasteiger partial charge on any atom is 0.258 e. The summed E-state index contributed by atoms with van der Waals surface area (Å²) in [6.07, 6.45) is 0.890. The molecule has 0 spiro atoms. The van der Waals surface area contributed by atoms with Crippen LogP contribution in [0.1, 0.15) is 31.7 Å². The van der Waals surface area contributed by atoms with Gasteiger partial charge in [0, 0.05) is 9.13 Å². The molecule has 4 nitrogen and oxygen atoms in total. The van der Waals surface area contributed by atoms with Crippen molar-refractivity contribution >= 4 is 22.6 Å². The van der Waals surface area contributed by atoms with Crippen LogP contribution in [0.25, 0.3) is 11.5 Å². The van der Waals surface area contributed by atoms with Crippen molar-refractivity contribution in [2.45, 2.75) is 25.9 Å². The molecule has 0 aliphatic heterocycles. The van der Waals surface area contributed by atoms with Crippen molar-refractivity contribution in [3.8, 4) is 11.5 Å². The van der Waals surface area contributed by atoms with Crippen LogP contribution in [0.15, 0.2) is 28.8 Å². The summed E-state index contributed by atoms with van der Waals surface area (Å²) in [5.41, 5.74) is 0.868. The van der Waals surface area contributed by atoms with E-state index in [0.717, 1.165) is 15.6 Å². The van der Waals surface area contributed by atoms with E-state index in [0.29, 0.717) is 18.1 Å². The minimum Gasteiger partial charge on any atom is -0.385 e. The van der Waals surface area contributed by atoms with Crippen molar-refractivity contribution in [3.63, 3.8) is 0 Å². The van der Waals surface area contributed by atoms with Crippen LogP contribution in [0.5, 0.6) is 0 Å². The highest BCUT2D eigenvalue weighted by Crippen LogP contribution is 2.21. The monoisotopic (exact) mass is 344 g/mol. The molecule has 1 unspecified atom stereocenters. The van der Waals surface area contributed by atoms with Crippen LogP contribution in [-0.2, 0) is 0 Å². The molecule has 90 valence electrons. The molecule has 0 radical (unpaired) electrons. The van der Waals surface area contributed by atoms with Crippen LogP contribution in [0, 0.1) is 3.57 Å². The molecule has 5 heteroatoms. The van der Waals surface area contributed by atoms with E-state index in [4.69, 9.17) is 4.52 Å². The number of aromatic nitrogens is 2. The second kappa shape index (κ2) is 5.59. The van der Waals surface area contributed by atoms with Crippen LogP contribution in [0.3, 0.4) is 0 Å². The number of nitrogens with zero attached hydrogens (tertiary/aromatic N) is 2. The largest absolute Gasteiger partial charge is 0.385 e. The van der Waals surface area contributed by atoms with Gasteiger partial charge < -0.3 is 9.63 Å². The summed E-state index contributed by atoms with van der Waals surface area (Å²) < 4.78 is 6.28. The number of hydrogen-bond acceptors (Lipinski definition) is 4. The normalized spacial score (nSPS) is 12.6. The van der Waals surface area contributed by atoms with Crippen molar-refractivity contribution in [1.82, 2.24) is 10.1 Å². The summed E-state index contributed by atoms with van der Waals surface area (Å²) in [7, 11) is 0. The molecule has 2 rings (SSSR count). The predicted octanol–water partition coefficient (Wildman–Crippen LogP) is 3.17. The molecule has 0 bridgehead atoms. The van der Waals surface area contributed by atoms with Gasteiger partial charge >= 0.3 is 0 Å². The Balaban J connectivity index is 2.20. The molecule has 0 aliphatic rings. The van der Waals surface area contributed by atoms with E-state index in [1.165, 1.54) is 0 Å². The minimum atomic E-state index is -0.638. The maximum atomic E-state index is 9.74. The average Bonchev–Trinajstić information content (AvgIpc) is 2.80. The standard InChI is InChI=1S/C12H13IN2O2/c1-2-3-10(16)11-14-12(17-15-11)8-4-6-9(13)7-5-8/h4-7,10,16H,2-3H2,1H3. The lowest BCUT2D eigenvalue weighted by molar-refractivity contribution is 0.153. The number of benzene rings is 1. The first-order chi connectivity index (χ1) is 8.20. The van der Waals surface area contributed by atoms with Crippen LogP contribution in [-0.4, -0.2) is 15.2 Å². The fourth-order valence-corrected chi connectivity index (χ4v) is 1.84. The lowest BCUT2D eigenvalue weighted by Crippen LogP contribution is -1.98. The molecule has 0 fully saturated rings. The molecule has 1 aromatic carbocycles. The third-order valence-electron chi connectivity index (χ3n) is 2.39. The molecule has 1 aromatic heterocycles. The summed E-state index contributed by atoms with van der Waals surface area (Å²) in [4.78, 5) is 4.20. The molecule has 1 heterocycles. The highest BCUT2D eigenvalue weighted by molar-refractivity contribution is 14.1. The van der Waals surface area contributed by atoms with Crippen molar-refractivity contribution in [3.05, 3.63) is 33.7 Å². The van der Waals surface area contributed by atoms with E-state index in [1.807, 2.05) is 31.2 Å². The summed E-state index contributed by atoms with van der Waals surface area (Å²) in [5.74, 6) is 0.812. The maximum absolute atomic E-state index is 9.74. The first kappa shape index (κ1) is 12.5. The van der Waals surface area contributed by atoms with Gasteiger partial charge in [0.25, 0.3) is 5.89 Å². The van der Waals surface area contributed by atoms with E-state index in [9.17, 15) is 5.11 Å².